The summed E-state index contributed by atoms with van der Waals surface area (Å²) in [7, 11) is -5.39. The molecule has 0 rings (SSSR count). The third-order valence-electron chi connectivity index (χ3n) is 0.123. The second-order valence-corrected chi connectivity index (χ2v) is 2.95. The molecule has 0 aromatic carbocycles. The smallest absolute Gasteiger partial charge is 0.822 e. The Morgan fingerprint density at radius 1 is 1.50 bits per heavy atom. The largest absolute Gasteiger partial charge is 2.00 e. The number of rotatable bonds is 0. The van der Waals surface area contributed by atoms with Crippen molar-refractivity contribution in [3.05, 3.63) is 0 Å². The van der Waals surface area contributed by atoms with Gasteiger partial charge in [-0.1, -0.05) is 12.2 Å². The molecule has 0 aliphatic rings. The minimum absolute atomic E-state index is 0. The SMILES string of the molecule is NNC(=S)S.O=P([O-])([O-])[O-].[Cu+2].[Na+]. The summed E-state index contributed by atoms with van der Waals surface area (Å²) in [6.45, 7) is 0. The van der Waals surface area contributed by atoms with Gasteiger partial charge in [0.05, 0.1) is 0 Å². The molecule has 0 saturated carbocycles. The number of hydrogen-bond acceptors (Lipinski definition) is 6. The molecule has 3 N–H and O–H groups in total. The van der Waals surface area contributed by atoms with Crippen LogP contribution in [0.4, 0.5) is 0 Å². The van der Waals surface area contributed by atoms with E-state index < -0.39 is 7.82 Å². The van der Waals surface area contributed by atoms with Crippen molar-refractivity contribution in [2.45, 2.75) is 0 Å². The van der Waals surface area contributed by atoms with Crippen LogP contribution < -0.4 is 55.5 Å². The Bertz CT molecular complexity index is 146. The Kier molecular flexibility index (Phi) is 25.2. The maximum atomic E-state index is 8.55. The zero-order valence-corrected chi connectivity index (χ0v) is 11.4. The van der Waals surface area contributed by atoms with Gasteiger partial charge >= 0.3 is 46.6 Å². The first kappa shape index (κ1) is 23.6. The van der Waals surface area contributed by atoms with E-state index in [-0.39, 0.29) is 46.6 Å². The molecule has 0 spiro atoms. The molecule has 0 aliphatic carbocycles. The summed E-state index contributed by atoms with van der Waals surface area (Å²) < 4.78 is 8.86. The van der Waals surface area contributed by atoms with Crippen molar-refractivity contribution in [1.82, 2.24) is 5.43 Å². The third-order valence-corrected chi connectivity index (χ3v) is 0.370. The second-order valence-electron chi connectivity index (χ2n) is 0.897. The number of nitrogens with two attached hydrogens (primary N) is 1. The summed E-state index contributed by atoms with van der Waals surface area (Å²) in [6, 6.07) is 0. The Balaban J connectivity index is -0.0000000457. The van der Waals surface area contributed by atoms with Gasteiger partial charge in [0.1, 0.15) is 4.32 Å². The molecular formula is CH4CuN2NaO4PS2. The van der Waals surface area contributed by atoms with E-state index in [4.69, 9.17) is 25.1 Å². The van der Waals surface area contributed by atoms with Gasteiger partial charge in [-0.15, -0.1) is 12.6 Å². The summed E-state index contributed by atoms with van der Waals surface area (Å²) in [6.07, 6.45) is 0. The number of thiol groups is 1. The van der Waals surface area contributed by atoms with Crippen LogP contribution in [0.3, 0.4) is 0 Å². The van der Waals surface area contributed by atoms with E-state index in [2.05, 4.69) is 30.3 Å². The molecule has 0 fully saturated rings. The molecule has 0 unspecified atom stereocenters. The van der Waals surface area contributed by atoms with Gasteiger partial charge in [-0.05, 0) is 0 Å². The van der Waals surface area contributed by atoms with Crippen molar-refractivity contribution in [2.24, 2.45) is 5.84 Å². The Morgan fingerprint density at radius 2 is 1.58 bits per heavy atom. The predicted molar refractivity (Wildman–Crippen MR) is 36.5 cm³/mol. The molecule has 0 amide bonds. The molecule has 71 valence electrons. The van der Waals surface area contributed by atoms with Gasteiger partial charge in [0.15, 0.2) is 0 Å². The van der Waals surface area contributed by atoms with Crippen LogP contribution in [0.5, 0.6) is 0 Å². The van der Waals surface area contributed by atoms with Crippen molar-refractivity contribution in [2.75, 3.05) is 0 Å². The van der Waals surface area contributed by atoms with Crippen LogP contribution in [0.2, 0.25) is 0 Å². The van der Waals surface area contributed by atoms with Crippen LogP contribution in [-0.2, 0) is 21.6 Å². The first-order valence-corrected chi connectivity index (χ1v) is 4.01. The molecule has 0 atom stereocenters. The van der Waals surface area contributed by atoms with Gasteiger partial charge in [-0.25, -0.2) is 5.84 Å². The van der Waals surface area contributed by atoms with Gasteiger partial charge in [0, 0.05) is 0 Å². The Hall–Kier alpha value is 1.83. The number of phosphoric acid groups is 1. The summed E-state index contributed by atoms with van der Waals surface area (Å²) in [4.78, 5) is 25.6. The van der Waals surface area contributed by atoms with E-state index >= 15 is 0 Å². The number of hydrazine groups is 1. The van der Waals surface area contributed by atoms with Crippen LogP contribution in [0.25, 0.3) is 0 Å². The molecule has 6 nitrogen and oxygen atoms in total. The standard InChI is InChI=1S/CH4N2S2.Cu.Na.H3O4P/c2-3-1(4)5;;;1-5(2,3)4/h2H2,(H2,3,4,5);;;(H3,1,2,3,4)/q;+2;+1;/p-3. The normalized spacial score (nSPS) is 7.75. The Morgan fingerprint density at radius 3 is 1.58 bits per heavy atom. The van der Waals surface area contributed by atoms with Gasteiger partial charge in [-0.3, -0.25) is 0 Å². The van der Waals surface area contributed by atoms with Crippen molar-refractivity contribution in [1.29, 1.82) is 0 Å². The fourth-order valence-corrected chi connectivity index (χ4v) is 0. The number of nitrogens with one attached hydrogen (secondary N) is 1. The summed E-state index contributed by atoms with van der Waals surface area (Å²) in [5, 5.41) is 0. The van der Waals surface area contributed by atoms with E-state index in [1.54, 1.807) is 0 Å². The van der Waals surface area contributed by atoms with Crippen molar-refractivity contribution >= 4 is 37.0 Å². The van der Waals surface area contributed by atoms with E-state index in [1.165, 1.54) is 0 Å². The van der Waals surface area contributed by atoms with Crippen molar-refractivity contribution < 1.29 is 65.9 Å². The maximum absolute atomic E-state index is 8.55. The molecule has 0 aromatic heterocycles. The van der Waals surface area contributed by atoms with Crippen LogP contribution >= 0.6 is 32.7 Å². The van der Waals surface area contributed by atoms with Crippen LogP contribution in [0.15, 0.2) is 0 Å². The van der Waals surface area contributed by atoms with Gasteiger partial charge in [0.2, 0.25) is 0 Å². The molecule has 0 aliphatic heterocycles. The molecule has 0 aromatic rings. The first-order chi connectivity index (χ1) is 4.27. The van der Waals surface area contributed by atoms with E-state index in [0.29, 0.717) is 4.32 Å². The van der Waals surface area contributed by atoms with Crippen molar-refractivity contribution in [3.8, 4) is 0 Å². The first-order valence-electron chi connectivity index (χ1n) is 1.70. The maximum Gasteiger partial charge on any atom is 2.00 e. The fourth-order valence-electron chi connectivity index (χ4n) is 0. The van der Waals surface area contributed by atoms with E-state index in [9.17, 15) is 0 Å². The van der Waals surface area contributed by atoms with E-state index in [0.717, 1.165) is 0 Å². The van der Waals surface area contributed by atoms with Gasteiger partial charge < -0.3 is 24.7 Å². The fraction of sp³-hybridized carbons (Fsp3) is 0. The predicted octanol–water partition coefficient (Wildman–Crippen LogP) is -6.16. The minimum atomic E-state index is -5.39. The Labute approximate surface area is 113 Å². The number of thiocarbonyl (C=S) groups is 1. The monoisotopic (exact) mass is 289 g/mol. The third kappa shape index (κ3) is 94.6. The summed E-state index contributed by atoms with van der Waals surface area (Å²) in [5.41, 5.74) is 2.12. The molecule has 1 radical (unpaired) electrons. The molecule has 0 heterocycles. The average Bonchev–Trinajstić information content (AvgIpc) is 1.61. The number of hydrogen-bond donors (Lipinski definition) is 3. The molecular weight excluding hydrogens is 286 g/mol. The van der Waals surface area contributed by atoms with E-state index in [1.807, 2.05) is 0 Å². The summed E-state index contributed by atoms with van der Waals surface area (Å²) >= 11 is 7.92. The molecule has 0 bridgehead atoms. The zero-order valence-electron chi connectivity index (χ0n) is 5.81. The van der Waals surface area contributed by atoms with Gasteiger partial charge in [-0.2, -0.15) is 7.82 Å². The second kappa shape index (κ2) is 12.8. The van der Waals surface area contributed by atoms with Crippen molar-refractivity contribution in [3.63, 3.8) is 0 Å². The van der Waals surface area contributed by atoms with Crippen LogP contribution in [-0.4, -0.2) is 4.32 Å². The molecule has 11 heteroatoms. The van der Waals surface area contributed by atoms with Crippen LogP contribution in [0, 0.1) is 0 Å². The zero-order chi connectivity index (χ0) is 8.78. The molecule has 12 heavy (non-hydrogen) atoms. The van der Waals surface area contributed by atoms with Gasteiger partial charge in [0.25, 0.3) is 0 Å². The quantitative estimate of drug-likeness (QED) is 0.101. The average molecular weight is 290 g/mol. The topological polar surface area (TPSA) is 124 Å². The minimum Gasteiger partial charge on any atom is -0.822 e. The molecule has 0 saturated heterocycles. The summed E-state index contributed by atoms with van der Waals surface area (Å²) in [5.74, 6) is 4.70. The van der Waals surface area contributed by atoms with Crippen LogP contribution in [0.1, 0.15) is 0 Å².